The number of hydrogen-bond acceptors (Lipinski definition) is 7. The number of para-hydroxylation sites is 1. The Kier molecular flexibility index (Phi) is 8.17. The van der Waals surface area contributed by atoms with Crippen LogP contribution in [0.3, 0.4) is 0 Å². The Morgan fingerprint density at radius 1 is 1.06 bits per heavy atom. The van der Waals surface area contributed by atoms with Crippen LogP contribution in [0.2, 0.25) is 0 Å². The van der Waals surface area contributed by atoms with Crippen LogP contribution in [0.5, 0.6) is 17.2 Å². The van der Waals surface area contributed by atoms with Crippen molar-refractivity contribution in [2.45, 2.75) is 32.9 Å². The average molecular weight is 470 g/mol. The molecule has 1 aliphatic heterocycles. The molecule has 1 unspecified atom stereocenters. The number of amides is 1. The standard InChI is InChI=1S/C26H31NO7/c1-6-33-21-15-17(11-12-20(21)34-16(2)3)23-22(25(29)26(30)27(23)13-14-31-4)24(28)18-9-7-8-10-19(18)32-5/h7-12,15-16,23,28H,6,13-14H2,1-5H3/b24-22-. The van der Waals surface area contributed by atoms with Gasteiger partial charge in [0, 0.05) is 13.7 Å². The largest absolute Gasteiger partial charge is 0.507 e. The summed E-state index contributed by atoms with van der Waals surface area (Å²) in [6, 6.07) is 11.2. The molecule has 1 atom stereocenters. The number of likely N-dealkylation sites (tertiary alicyclic amines) is 1. The second-order valence-corrected chi connectivity index (χ2v) is 7.99. The maximum absolute atomic E-state index is 13.2. The minimum absolute atomic E-state index is 0.0226. The van der Waals surface area contributed by atoms with Crippen molar-refractivity contribution < 1.29 is 33.6 Å². The highest BCUT2D eigenvalue weighted by Crippen LogP contribution is 2.43. The minimum atomic E-state index is -0.840. The molecule has 8 nitrogen and oxygen atoms in total. The van der Waals surface area contributed by atoms with Crippen LogP contribution in [0.15, 0.2) is 48.0 Å². The number of carbonyl (C=O) groups is 2. The van der Waals surface area contributed by atoms with Gasteiger partial charge >= 0.3 is 0 Å². The Morgan fingerprint density at radius 3 is 2.44 bits per heavy atom. The maximum atomic E-state index is 13.2. The molecule has 8 heteroatoms. The lowest BCUT2D eigenvalue weighted by Crippen LogP contribution is -2.32. The van der Waals surface area contributed by atoms with Gasteiger partial charge in [-0.2, -0.15) is 0 Å². The van der Waals surface area contributed by atoms with E-state index < -0.39 is 17.7 Å². The van der Waals surface area contributed by atoms with Gasteiger partial charge < -0.3 is 29.0 Å². The van der Waals surface area contributed by atoms with Crippen LogP contribution < -0.4 is 14.2 Å². The van der Waals surface area contributed by atoms with Gasteiger partial charge in [0.1, 0.15) is 11.5 Å². The van der Waals surface area contributed by atoms with Gasteiger partial charge in [-0.25, -0.2) is 0 Å². The number of benzene rings is 2. The molecule has 0 radical (unpaired) electrons. The third-order valence-corrected chi connectivity index (χ3v) is 5.38. The van der Waals surface area contributed by atoms with Gasteiger partial charge in [0.25, 0.3) is 11.7 Å². The molecule has 1 aliphatic rings. The van der Waals surface area contributed by atoms with Crippen molar-refractivity contribution in [3.8, 4) is 17.2 Å². The van der Waals surface area contributed by atoms with Crippen molar-refractivity contribution in [2.75, 3.05) is 34.0 Å². The molecule has 2 aromatic carbocycles. The van der Waals surface area contributed by atoms with Crippen LogP contribution in [0.1, 0.15) is 37.9 Å². The van der Waals surface area contributed by atoms with Gasteiger partial charge in [0.2, 0.25) is 0 Å². The topological polar surface area (TPSA) is 94.5 Å². The Hall–Kier alpha value is -3.52. The molecule has 0 aliphatic carbocycles. The zero-order chi connectivity index (χ0) is 24.8. The number of nitrogens with zero attached hydrogens (tertiary/aromatic N) is 1. The highest BCUT2D eigenvalue weighted by Gasteiger charge is 2.46. The van der Waals surface area contributed by atoms with E-state index in [1.54, 1.807) is 42.5 Å². The summed E-state index contributed by atoms with van der Waals surface area (Å²) in [7, 11) is 2.99. The van der Waals surface area contributed by atoms with Crippen LogP contribution in [0.25, 0.3) is 5.76 Å². The number of methoxy groups -OCH3 is 2. The summed E-state index contributed by atoms with van der Waals surface area (Å²) in [5.41, 5.74) is 0.904. The summed E-state index contributed by atoms with van der Waals surface area (Å²) in [6.07, 6.45) is -0.0667. The fraction of sp³-hybridized carbons (Fsp3) is 0.385. The highest BCUT2D eigenvalue weighted by atomic mass is 16.5. The lowest BCUT2D eigenvalue weighted by Gasteiger charge is -2.26. The van der Waals surface area contributed by atoms with E-state index in [1.807, 2.05) is 20.8 Å². The van der Waals surface area contributed by atoms with Crippen LogP contribution in [-0.4, -0.2) is 61.8 Å². The normalized spacial score (nSPS) is 17.4. The zero-order valence-electron chi connectivity index (χ0n) is 20.2. The summed E-state index contributed by atoms with van der Waals surface area (Å²) in [4.78, 5) is 27.6. The monoisotopic (exact) mass is 469 g/mol. The van der Waals surface area contributed by atoms with Crippen molar-refractivity contribution in [1.29, 1.82) is 0 Å². The minimum Gasteiger partial charge on any atom is -0.507 e. The highest BCUT2D eigenvalue weighted by molar-refractivity contribution is 6.46. The van der Waals surface area contributed by atoms with Crippen LogP contribution in [-0.2, 0) is 14.3 Å². The number of carbonyl (C=O) groups excluding carboxylic acids is 2. The molecule has 0 aromatic heterocycles. The third kappa shape index (κ3) is 5.02. The molecule has 34 heavy (non-hydrogen) atoms. The molecule has 1 N–H and O–H groups in total. The third-order valence-electron chi connectivity index (χ3n) is 5.38. The molecule has 0 saturated carbocycles. The summed E-state index contributed by atoms with van der Waals surface area (Å²) in [5.74, 6) is -0.356. The average Bonchev–Trinajstić information content (AvgIpc) is 3.08. The lowest BCUT2D eigenvalue weighted by molar-refractivity contribution is -0.140. The van der Waals surface area contributed by atoms with Crippen molar-refractivity contribution in [3.63, 3.8) is 0 Å². The van der Waals surface area contributed by atoms with Gasteiger partial charge in [-0.15, -0.1) is 0 Å². The zero-order valence-corrected chi connectivity index (χ0v) is 20.2. The first-order valence-electron chi connectivity index (χ1n) is 11.2. The SMILES string of the molecule is CCOc1cc(C2/C(=C(/O)c3ccccc3OC)C(=O)C(=O)N2CCOC)ccc1OC(C)C. The van der Waals surface area contributed by atoms with Crippen molar-refractivity contribution >= 4 is 17.4 Å². The van der Waals surface area contributed by atoms with Crippen molar-refractivity contribution in [3.05, 3.63) is 59.2 Å². The molecule has 0 spiro atoms. The molecular formula is C26H31NO7. The summed E-state index contributed by atoms with van der Waals surface area (Å²) in [5, 5.41) is 11.3. The summed E-state index contributed by atoms with van der Waals surface area (Å²) < 4.78 is 22.2. The van der Waals surface area contributed by atoms with E-state index in [9.17, 15) is 14.7 Å². The van der Waals surface area contributed by atoms with E-state index in [0.29, 0.717) is 35.0 Å². The number of aliphatic hydroxyl groups excluding tert-OH is 1. The molecule has 182 valence electrons. The first-order chi connectivity index (χ1) is 16.3. The molecule has 0 bridgehead atoms. The quantitative estimate of drug-likeness (QED) is 0.320. The Balaban J connectivity index is 2.21. The summed E-state index contributed by atoms with van der Waals surface area (Å²) in [6.45, 7) is 6.49. The fourth-order valence-electron chi connectivity index (χ4n) is 3.95. The number of rotatable bonds is 10. The number of ketones is 1. The molecule has 2 aromatic rings. The Bertz CT molecular complexity index is 1080. The number of Topliss-reactive ketones (excluding diaryl/α,β-unsaturated/α-hetero) is 1. The molecular weight excluding hydrogens is 438 g/mol. The molecule has 3 rings (SSSR count). The Morgan fingerprint density at radius 2 is 1.79 bits per heavy atom. The van der Waals surface area contributed by atoms with E-state index >= 15 is 0 Å². The van der Waals surface area contributed by atoms with Crippen LogP contribution in [0, 0.1) is 0 Å². The van der Waals surface area contributed by atoms with Crippen molar-refractivity contribution in [2.24, 2.45) is 0 Å². The molecule has 1 fully saturated rings. The number of aliphatic hydroxyl groups is 1. The van der Waals surface area contributed by atoms with Gasteiger partial charge in [0.05, 0.1) is 43.6 Å². The van der Waals surface area contributed by atoms with Crippen LogP contribution in [0.4, 0.5) is 0 Å². The molecule has 1 heterocycles. The Labute approximate surface area is 199 Å². The first kappa shape index (κ1) is 25.1. The number of hydrogen-bond donors (Lipinski definition) is 1. The summed E-state index contributed by atoms with van der Waals surface area (Å²) >= 11 is 0. The van der Waals surface area contributed by atoms with Gasteiger partial charge in [0.15, 0.2) is 11.5 Å². The second kappa shape index (κ2) is 11.1. The smallest absolute Gasteiger partial charge is 0.295 e. The number of ether oxygens (including phenoxy) is 4. The van der Waals surface area contributed by atoms with Gasteiger partial charge in [-0.3, -0.25) is 9.59 Å². The van der Waals surface area contributed by atoms with Crippen LogP contribution >= 0.6 is 0 Å². The van der Waals surface area contributed by atoms with E-state index in [4.69, 9.17) is 18.9 Å². The second-order valence-electron chi connectivity index (χ2n) is 7.99. The maximum Gasteiger partial charge on any atom is 0.295 e. The van der Waals surface area contributed by atoms with E-state index in [2.05, 4.69) is 0 Å². The van der Waals surface area contributed by atoms with Gasteiger partial charge in [-0.05, 0) is 50.6 Å². The predicted molar refractivity (Wildman–Crippen MR) is 127 cm³/mol. The van der Waals surface area contributed by atoms with E-state index in [0.717, 1.165) is 0 Å². The first-order valence-corrected chi connectivity index (χ1v) is 11.2. The van der Waals surface area contributed by atoms with Gasteiger partial charge in [-0.1, -0.05) is 18.2 Å². The van der Waals surface area contributed by atoms with E-state index in [-0.39, 0.29) is 30.6 Å². The lowest BCUT2D eigenvalue weighted by atomic mass is 9.94. The predicted octanol–water partition coefficient (Wildman–Crippen LogP) is 3.95. The molecule has 1 amide bonds. The molecule has 1 saturated heterocycles. The fourth-order valence-corrected chi connectivity index (χ4v) is 3.95. The van der Waals surface area contributed by atoms with Crippen molar-refractivity contribution in [1.82, 2.24) is 4.90 Å². The van der Waals surface area contributed by atoms with E-state index in [1.165, 1.54) is 19.1 Å².